The molecule has 0 radical (unpaired) electrons. The molecule has 2 aromatic carbocycles. The zero-order valence-corrected chi connectivity index (χ0v) is 16.8. The predicted molar refractivity (Wildman–Crippen MR) is 115 cm³/mol. The van der Waals surface area contributed by atoms with Gasteiger partial charge in [0.15, 0.2) is 0 Å². The predicted octanol–water partition coefficient (Wildman–Crippen LogP) is 4.34. The number of para-hydroxylation sites is 1. The molecule has 0 bridgehead atoms. The lowest BCUT2D eigenvalue weighted by molar-refractivity contribution is -0.111. The average Bonchev–Trinajstić information content (AvgIpc) is 2.73. The summed E-state index contributed by atoms with van der Waals surface area (Å²) in [5, 5.41) is 11.9. The van der Waals surface area contributed by atoms with Gasteiger partial charge in [0.2, 0.25) is 5.91 Å². The molecule has 0 unspecified atom stereocenters. The smallest absolute Gasteiger partial charge is 0.337 e. The summed E-state index contributed by atoms with van der Waals surface area (Å²) < 4.78 is 5.55. The average molecular weight is 394 g/mol. The first-order valence-corrected chi connectivity index (χ1v) is 9.74. The van der Waals surface area contributed by atoms with Gasteiger partial charge in [0.1, 0.15) is 5.75 Å². The van der Waals surface area contributed by atoms with Gasteiger partial charge in [-0.1, -0.05) is 12.1 Å². The third-order valence-corrected chi connectivity index (χ3v) is 5.07. The maximum atomic E-state index is 12.3. The fraction of sp³-hybridized carbons (Fsp3) is 0.304. The van der Waals surface area contributed by atoms with E-state index in [1.54, 1.807) is 31.4 Å². The van der Waals surface area contributed by atoms with E-state index in [0.717, 1.165) is 24.2 Å². The molecule has 152 valence electrons. The summed E-state index contributed by atoms with van der Waals surface area (Å²) in [7, 11) is 1.62. The van der Waals surface area contributed by atoms with Gasteiger partial charge in [-0.15, -0.1) is 0 Å². The Kier molecular flexibility index (Phi) is 6.54. The molecule has 2 aromatic rings. The van der Waals surface area contributed by atoms with Crippen LogP contribution in [-0.2, 0) is 4.79 Å². The van der Waals surface area contributed by atoms with E-state index in [-0.39, 0.29) is 11.3 Å². The number of ether oxygens (including phenoxy) is 1. The lowest BCUT2D eigenvalue weighted by Gasteiger charge is -2.30. The molecule has 1 fully saturated rings. The summed E-state index contributed by atoms with van der Waals surface area (Å²) in [5.74, 6) is -0.792. The van der Waals surface area contributed by atoms with Crippen LogP contribution < -0.4 is 15.0 Å². The quantitative estimate of drug-likeness (QED) is 0.713. The summed E-state index contributed by atoms with van der Waals surface area (Å²) in [6, 6.07) is 10.3. The van der Waals surface area contributed by atoms with Crippen LogP contribution in [0.2, 0.25) is 0 Å². The molecular formula is C23H26N2O4. The van der Waals surface area contributed by atoms with E-state index in [4.69, 9.17) is 4.74 Å². The molecule has 1 saturated heterocycles. The number of methoxy groups -OCH3 is 1. The topological polar surface area (TPSA) is 78.9 Å². The highest BCUT2D eigenvalue weighted by molar-refractivity contribution is 6.06. The highest BCUT2D eigenvalue weighted by atomic mass is 16.5. The van der Waals surface area contributed by atoms with Crippen LogP contribution in [0.25, 0.3) is 6.08 Å². The molecule has 0 atom stereocenters. The summed E-state index contributed by atoms with van der Waals surface area (Å²) in [6.07, 6.45) is 6.73. The van der Waals surface area contributed by atoms with Crippen LogP contribution in [0.3, 0.4) is 0 Å². The van der Waals surface area contributed by atoms with Gasteiger partial charge in [0, 0.05) is 36.5 Å². The highest BCUT2D eigenvalue weighted by Crippen LogP contribution is 2.32. The number of piperidine rings is 1. The number of aromatic carboxylic acids is 1. The molecule has 1 heterocycles. The van der Waals surface area contributed by atoms with E-state index in [0.29, 0.717) is 5.75 Å². The Bertz CT molecular complexity index is 930. The summed E-state index contributed by atoms with van der Waals surface area (Å²) >= 11 is 0. The normalized spacial score (nSPS) is 14.1. The SMILES string of the molecule is COc1cc(N2CCCCC2)c(C)cc1/C=C/C(=O)Nc1ccccc1C(=O)O. The monoisotopic (exact) mass is 394 g/mol. The third kappa shape index (κ3) is 4.96. The molecule has 2 N–H and O–H groups in total. The van der Waals surface area contributed by atoms with Gasteiger partial charge in [-0.3, -0.25) is 4.79 Å². The number of rotatable bonds is 6. The number of nitrogens with one attached hydrogen (secondary N) is 1. The lowest BCUT2D eigenvalue weighted by Crippen LogP contribution is -2.30. The zero-order chi connectivity index (χ0) is 20.8. The van der Waals surface area contributed by atoms with Crippen molar-refractivity contribution in [3.63, 3.8) is 0 Å². The van der Waals surface area contributed by atoms with Crippen molar-refractivity contribution < 1.29 is 19.4 Å². The first-order chi connectivity index (χ1) is 14.0. The molecule has 6 heteroatoms. The van der Waals surface area contributed by atoms with E-state index in [1.165, 1.54) is 37.1 Å². The summed E-state index contributed by atoms with van der Waals surface area (Å²) in [6.45, 7) is 4.15. The molecule has 1 aliphatic rings. The van der Waals surface area contributed by atoms with Crippen molar-refractivity contribution in [2.75, 3.05) is 30.4 Å². The van der Waals surface area contributed by atoms with Gasteiger partial charge in [-0.25, -0.2) is 4.79 Å². The highest BCUT2D eigenvalue weighted by Gasteiger charge is 2.16. The Labute approximate surface area is 170 Å². The largest absolute Gasteiger partial charge is 0.496 e. The van der Waals surface area contributed by atoms with Crippen molar-refractivity contribution in [3.8, 4) is 5.75 Å². The fourth-order valence-corrected chi connectivity index (χ4v) is 3.60. The number of carboxylic acids is 1. The number of carbonyl (C=O) groups is 2. The Balaban J connectivity index is 1.78. The van der Waals surface area contributed by atoms with Crippen molar-refractivity contribution >= 4 is 29.3 Å². The first-order valence-electron chi connectivity index (χ1n) is 9.74. The van der Waals surface area contributed by atoms with Crippen LogP contribution >= 0.6 is 0 Å². The van der Waals surface area contributed by atoms with E-state index in [1.807, 2.05) is 12.1 Å². The Morgan fingerprint density at radius 2 is 1.86 bits per heavy atom. The Morgan fingerprint density at radius 1 is 1.14 bits per heavy atom. The molecule has 0 aromatic heterocycles. The minimum absolute atomic E-state index is 0.0496. The number of benzene rings is 2. The van der Waals surface area contributed by atoms with Crippen LogP contribution in [0, 0.1) is 6.92 Å². The molecule has 0 aliphatic carbocycles. The van der Waals surface area contributed by atoms with E-state index in [9.17, 15) is 14.7 Å². The maximum absolute atomic E-state index is 12.3. The van der Waals surface area contributed by atoms with Gasteiger partial charge in [-0.05, 0) is 56.0 Å². The molecule has 0 saturated carbocycles. The van der Waals surface area contributed by atoms with Gasteiger partial charge in [0.25, 0.3) is 0 Å². The van der Waals surface area contributed by atoms with Crippen molar-refractivity contribution in [1.82, 2.24) is 0 Å². The van der Waals surface area contributed by atoms with Gasteiger partial charge in [-0.2, -0.15) is 0 Å². The number of carboxylic acid groups (broad SMARTS) is 1. The van der Waals surface area contributed by atoms with Crippen molar-refractivity contribution in [2.45, 2.75) is 26.2 Å². The Morgan fingerprint density at radius 3 is 2.55 bits per heavy atom. The van der Waals surface area contributed by atoms with Crippen molar-refractivity contribution in [3.05, 3.63) is 59.2 Å². The zero-order valence-electron chi connectivity index (χ0n) is 16.8. The number of carbonyl (C=O) groups excluding carboxylic acids is 1. The van der Waals surface area contributed by atoms with E-state index < -0.39 is 11.9 Å². The minimum Gasteiger partial charge on any atom is -0.496 e. The second-order valence-electron chi connectivity index (χ2n) is 7.10. The van der Waals surface area contributed by atoms with Crippen LogP contribution in [0.15, 0.2) is 42.5 Å². The van der Waals surface area contributed by atoms with Crippen LogP contribution in [-0.4, -0.2) is 37.2 Å². The fourth-order valence-electron chi connectivity index (χ4n) is 3.60. The van der Waals surface area contributed by atoms with Gasteiger partial charge >= 0.3 is 5.97 Å². The molecule has 29 heavy (non-hydrogen) atoms. The molecule has 1 amide bonds. The second-order valence-corrected chi connectivity index (χ2v) is 7.10. The summed E-state index contributed by atoms with van der Waals surface area (Å²) in [5.41, 5.74) is 3.40. The number of amides is 1. The van der Waals surface area contributed by atoms with E-state index in [2.05, 4.69) is 17.1 Å². The van der Waals surface area contributed by atoms with Crippen LogP contribution in [0.5, 0.6) is 5.75 Å². The first kappa shape index (κ1) is 20.5. The van der Waals surface area contributed by atoms with E-state index >= 15 is 0 Å². The number of hydrogen-bond donors (Lipinski definition) is 2. The maximum Gasteiger partial charge on any atom is 0.337 e. The second kappa shape index (κ2) is 9.28. The Hall–Kier alpha value is -3.28. The standard InChI is InChI=1S/C23H26N2O4/c1-16-14-17(21(29-2)15-20(16)25-12-6-3-7-13-25)10-11-22(26)24-19-9-5-4-8-18(19)23(27)28/h4-5,8-11,14-15H,3,6-7,12-13H2,1-2H3,(H,24,26)(H,27,28)/b11-10+. The minimum atomic E-state index is -1.09. The lowest BCUT2D eigenvalue weighted by atomic mass is 10.0. The number of aryl methyl sites for hydroxylation is 1. The van der Waals surface area contributed by atoms with Gasteiger partial charge in [0.05, 0.1) is 18.4 Å². The number of nitrogens with zero attached hydrogens (tertiary/aromatic N) is 1. The summed E-state index contributed by atoms with van der Waals surface area (Å²) in [4.78, 5) is 26.0. The van der Waals surface area contributed by atoms with Crippen LogP contribution in [0.4, 0.5) is 11.4 Å². The number of hydrogen-bond acceptors (Lipinski definition) is 4. The molecule has 3 rings (SSSR count). The molecule has 0 spiro atoms. The molecule has 6 nitrogen and oxygen atoms in total. The van der Waals surface area contributed by atoms with Crippen molar-refractivity contribution in [2.24, 2.45) is 0 Å². The number of anilines is 2. The molecule has 1 aliphatic heterocycles. The van der Waals surface area contributed by atoms with Crippen molar-refractivity contribution in [1.29, 1.82) is 0 Å². The van der Waals surface area contributed by atoms with Crippen LogP contribution in [0.1, 0.15) is 40.7 Å². The third-order valence-electron chi connectivity index (χ3n) is 5.07. The van der Waals surface area contributed by atoms with Gasteiger partial charge < -0.3 is 20.1 Å². The molecular weight excluding hydrogens is 368 g/mol.